The second-order valence-corrected chi connectivity index (χ2v) is 6.07. The Morgan fingerprint density at radius 1 is 1.40 bits per heavy atom. The molecule has 15 heavy (non-hydrogen) atoms. The van der Waals surface area contributed by atoms with Crippen LogP contribution in [0.15, 0.2) is 0 Å². The van der Waals surface area contributed by atoms with Crippen molar-refractivity contribution in [2.75, 3.05) is 6.61 Å². The highest BCUT2D eigenvalue weighted by molar-refractivity contribution is 4.85. The van der Waals surface area contributed by atoms with E-state index in [1.807, 2.05) is 0 Å². The minimum atomic E-state index is 0.282. The quantitative estimate of drug-likeness (QED) is 0.752. The Morgan fingerprint density at radius 2 is 2.07 bits per heavy atom. The fourth-order valence-corrected chi connectivity index (χ4v) is 2.53. The summed E-state index contributed by atoms with van der Waals surface area (Å²) >= 11 is 0. The fourth-order valence-electron chi connectivity index (χ4n) is 2.53. The number of hydrogen-bond donors (Lipinski definition) is 2. The SMILES string of the molecule is CC(CO)C(C)NC1CCCC(C)(C)C1. The summed E-state index contributed by atoms with van der Waals surface area (Å²) in [6.07, 6.45) is 5.27. The first kappa shape index (κ1) is 13.0. The summed E-state index contributed by atoms with van der Waals surface area (Å²) in [5.41, 5.74) is 0.498. The summed E-state index contributed by atoms with van der Waals surface area (Å²) in [6, 6.07) is 1.08. The molecule has 1 aliphatic rings. The van der Waals surface area contributed by atoms with Crippen molar-refractivity contribution < 1.29 is 5.11 Å². The lowest BCUT2D eigenvalue weighted by molar-refractivity contribution is 0.160. The minimum absolute atomic E-state index is 0.282. The van der Waals surface area contributed by atoms with E-state index in [4.69, 9.17) is 5.11 Å². The lowest BCUT2D eigenvalue weighted by Crippen LogP contribution is -2.44. The molecule has 1 rings (SSSR count). The van der Waals surface area contributed by atoms with E-state index in [1.54, 1.807) is 0 Å². The molecule has 0 amide bonds. The highest BCUT2D eigenvalue weighted by atomic mass is 16.3. The van der Waals surface area contributed by atoms with E-state index in [1.165, 1.54) is 25.7 Å². The van der Waals surface area contributed by atoms with Crippen LogP contribution in [0, 0.1) is 11.3 Å². The van der Waals surface area contributed by atoms with Crippen LogP contribution in [0.1, 0.15) is 53.4 Å². The molecule has 0 aromatic heterocycles. The maximum Gasteiger partial charge on any atom is 0.0471 e. The number of aliphatic hydroxyl groups is 1. The zero-order chi connectivity index (χ0) is 11.5. The van der Waals surface area contributed by atoms with Crippen LogP contribution < -0.4 is 5.32 Å². The average Bonchev–Trinajstić information content (AvgIpc) is 2.14. The molecular weight excluding hydrogens is 186 g/mol. The van der Waals surface area contributed by atoms with Crippen LogP contribution in [-0.2, 0) is 0 Å². The summed E-state index contributed by atoms with van der Waals surface area (Å²) in [6.45, 7) is 9.29. The van der Waals surface area contributed by atoms with Crippen molar-refractivity contribution in [3.05, 3.63) is 0 Å². The van der Waals surface area contributed by atoms with Crippen LogP contribution in [0.5, 0.6) is 0 Å². The highest BCUT2D eigenvalue weighted by Gasteiger charge is 2.28. The molecule has 0 spiro atoms. The summed E-state index contributed by atoms with van der Waals surface area (Å²) in [7, 11) is 0. The van der Waals surface area contributed by atoms with Gasteiger partial charge in [-0.15, -0.1) is 0 Å². The molecule has 1 saturated carbocycles. The van der Waals surface area contributed by atoms with Crippen LogP contribution in [0.3, 0.4) is 0 Å². The first-order valence-electron chi connectivity index (χ1n) is 6.31. The summed E-state index contributed by atoms with van der Waals surface area (Å²) in [4.78, 5) is 0. The van der Waals surface area contributed by atoms with Crippen LogP contribution in [0.2, 0.25) is 0 Å². The Bertz CT molecular complexity index is 191. The van der Waals surface area contributed by atoms with E-state index in [2.05, 4.69) is 33.0 Å². The predicted molar refractivity (Wildman–Crippen MR) is 64.9 cm³/mol. The lowest BCUT2D eigenvalue weighted by atomic mass is 9.75. The molecule has 0 aromatic carbocycles. The van der Waals surface area contributed by atoms with Crippen molar-refractivity contribution in [3.63, 3.8) is 0 Å². The van der Waals surface area contributed by atoms with E-state index in [0.717, 1.165) is 0 Å². The Hall–Kier alpha value is -0.0800. The zero-order valence-electron chi connectivity index (χ0n) is 10.7. The Labute approximate surface area is 94.5 Å². The maximum atomic E-state index is 9.10. The standard InChI is InChI=1S/C13H27NO/c1-10(9-15)11(2)14-12-6-5-7-13(3,4)8-12/h10-12,14-15H,5-9H2,1-4H3. The molecule has 0 heterocycles. The monoisotopic (exact) mass is 213 g/mol. The summed E-state index contributed by atoms with van der Waals surface area (Å²) < 4.78 is 0. The molecule has 2 heteroatoms. The smallest absolute Gasteiger partial charge is 0.0471 e. The zero-order valence-corrected chi connectivity index (χ0v) is 10.7. The van der Waals surface area contributed by atoms with Gasteiger partial charge in [-0.25, -0.2) is 0 Å². The molecule has 2 nitrogen and oxygen atoms in total. The third kappa shape index (κ3) is 4.12. The molecule has 1 aliphatic carbocycles. The van der Waals surface area contributed by atoms with E-state index >= 15 is 0 Å². The number of hydrogen-bond acceptors (Lipinski definition) is 2. The van der Waals surface area contributed by atoms with E-state index < -0.39 is 0 Å². The van der Waals surface area contributed by atoms with Gasteiger partial charge in [0.05, 0.1) is 0 Å². The van der Waals surface area contributed by atoms with Gasteiger partial charge in [-0.2, -0.15) is 0 Å². The van der Waals surface area contributed by atoms with Gasteiger partial charge >= 0.3 is 0 Å². The van der Waals surface area contributed by atoms with Crippen LogP contribution in [-0.4, -0.2) is 23.8 Å². The van der Waals surface area contributed by atoms with Crippen molar-refractivity contribution in [1.29, 1.82) is 0 Å². The molecule has 2 N–H and O–H groups in total. The average molecular weight is 213 g/mol. The molecule has 90 valence electrons. The van der Waals surface area contributed by atoms with Gasteiger partial charge in [0.1, 0.15) is 0 Å². The van der Waals surface area contributed by atoms with Gasteiger partial charge in [0.25, 0.3) is 0 Å². The second kappa shape index (κ2) is 5.31. The lowest BCUT2D eigenvalue weighted by Gasteiger charge is -2.37. The van der Waals surface area contributed by atoms with Gasteiger partial charge in [0, 0.05) is 18.7 Å². The van der Waals surface area contributed by atoms with Crippen molar-refractivity contribution in [3.8, 4) is 0 Å². The molecule has 1 fully saturated rings. The highest BCUT2D eigenvalue weighted by Crippen LogP contribution is 2.35. The number of rotatable bonds is 4. The van der Waals surface area contributed by atoms with Gasteiger partial charge in [0.2, 0.25) is 0 Å². The van der Waals surface area contributed by atoms with Crippen LogP contribution in [0.4, 0.5) is 0 Å². The summed E-state index contributed by atoms with van der Waals surface area (Å²) in [5.74, 6) is 0.357. The van der Waals surface area contributed by atoms with Gasteiger partial charge in [-0.1, -0.05) is 27.2 Å². The molecule has 0 bridgehead atoms. The first-order valence-corrected chi connectivity index (χ1v) is 6.31. The van der Waals surface area contributed by atoms with Gasteiger partial charge in [-0.3, -0.25) is 0 Å². The van der Waals surface area contributed by atoms with Gasteiger partial charge < -0.3 is 10.4 Å². The molecule has 0 radical (unpaired) electrons. The largest absolute Gasteiger partial charge is 0.396 e. The van der Waals surface area contributed by atoms with Gasteiger partial charge in [0.15, 0.2) is 0 Å². The molecule has 0 aliphatic heterocycles. The minimum Gasteiger partial charge on any atom is -0.396 e. The van der Waals surface area contributed by atoms with Crippen molar-refractivity contribution in [2.45, 2.75) is 65.5 Å². The number of nitrogens with one attached hydrogen (secondary N) is 1. The Kier molecular flexibility index (Phi) is 4.60. The topological polar surface area (TPSA) is 32.3 Å². The van der Waals surface area contributed by atoms with E-state index in [-0.39, 0.29) is 6.61 Å². The van der Waals surface area contributed by atoms with Crippen molar-refractivity contribution in [2.24, 2.45) is 11.3 Å². The number of aliphatic hydroxyl groups excluding tert-OH is 1. The maximum absolute atomic E-state index is 9.10. The predicted octanol–water partition coefficient (Wildman–Crippen LogP) is 2.56. The van der Waals surface area contributed by atoms with E-state index in [0.29, 0.717) is 23.4 Å². The first-order chi connectivity index (χ1) is 6.94. The Balaban J connectivity index is 2.38. The van der Waals surface area contributed by atoms with Crippen LogP contribution in [0.25, 0.3) is 0 Å². The molecule has 3 unspecified atom stereocenters. The third-order valence-electron chi connectivity index (χ3n) is 3.85. The molecular formula is C13H27NO. The molecule has 3 atom stereocenters. The summed E-state index contributed by atoms with van der Waals surface area (Å²) in [5, 5.41) is 12.8. The fraction of sp³-hybridized carbons (Fsp3) is 1.00. The third-order valence-corrected chi connectivity index (χ3v) is 3.85. The molecule has 0 saturated heterocycles. The van der Waals surface area contributed by atoms with E-state index in [9.17, 15) is 0 Å². The van der Waals surface area contributed by atoms with Crippen molar-refractivity contribution in [1.82, 2.24) is 5.32 Å². The normalized spacial score (nSPS) is 29.8. The second-order valence-electron chi connectivity index (χ2n) is 6.07. The Morgan fingerprint density at radius 3 is 2.60 bits per heavy atom. The molecule has 0 aromatic rings. The van der Waals surface area contributed by atoms with Crippen molar-refractivity contribution >= 4 is 0 Å². The van der Waals surface area contributed by atoms with Crippen LogP contribution >= 0.6 is 0 Å². The van der Waals surface area contributed by atoms with Gasteiger partial charge in [-0.05, 0) is 37.5 Å².